The van der Waals surface area contributed by atoms with Crippen LogP contribution >= 0.6 is 0 Å². The second kappa shape index (κ2) is 15.3. The number of nitriles is 1. The third-order valence-corrected chi connectivity index (χ3v) is 7.74. The summed E-state index contributed by atoms with van der Waals surface area (Å²) >= 11 is 0. The molecule has 0 fully saturated rings. The molecule has 0 spiro atoms. The molecule has 4 atom stereocenters. The summed E-state index contributed by atoms with van der Waals surface area (Å²) in [5, 5.41) is 34.8. The summed E-state index contributed by atoms with van der Waals surface area (Å²) in [5.41, 5.74) is 6.21. The fourth-order valence-corrected chi connectivity index (χ4v) is 5.22. The van der Waals surface area contributed by atoms with Gasteiger partial charge in [-0.2, -0.15) is 5.26 Å². The Morgan fingerprint density at radius 1 is 0.909 bits per heavy atom. The van der Waals surface area contributed by atoms with Crippen LogP contribution < -0.4 is 16.1 Å². The van der Waals surface area contributed by atoms with E-state index < -0.39 is 41.2 Å². The molecule has 0 saturated heterocycles. The van der Waals surface area contributed by atoms with Crippen LogP contribution in [0.5, 0.6) is 0 Å². The summed E-state index contributed by atoms with van der Waals surface area (Å²) in [6.45, 7) is 9.29. The minimum absolute atomic E-state index is 0.129. The van der Waals surface area contributed by atoms with E-state index in [1.54, 1.807) is 6.07 Å². The van der Waals surface area contributed by atoms with E-state index in [2.05, 4.69) is 16.7 Å². The van der Waals surface area contributed by atoms with Gasteiger partial charge in [-0.3, -0.25) is 19.6 Å². The number of hydrogen-bond acceptors (Lipinski definition) is 6. The molecule has 0 aliphatic carbocycles. The quantitative estimate of drug-likeness (QED) is 0.150. The molecule has 2 unspecified atom stereocenters. The molecule has 3 aromatic carbocycles. The van der Waals surface area contributed by atoms with E-state index in [-0.39, 0.29) is 12.5 Å². The van der Waals surface area contributed by atoms with Gasteiger partial charge in [0, 0.05) is 0 Å². The summed E-state index contributed by atoms with van der Waals surface area (Å²) in [5.74, 6) is -3.36. The van der Waals surface area contributed by atoms with E-state index in [0.717, 1.165) is 27.8 Å². The zero-order valence-corrected chi connectivity index (χ0v) is 25.9. The lowest BCUT2D eigenvalue weighted by Crippen LogP contribution is -2.56. The number of nitrogens with one attached hydrogen (secondary N) is 3. The highest BCUT2D eigenvalue weighted by atomic mass is 16.5. The lowest BCUT2D eigenvalue weighted by Gasteiger charge is -2.33. The second-order valence-electron chi connectivity index (χ2n) is 12.2. The lowest BCUT2D eigenvalue weighted by molar-refractivity contribution is -0.147. The summed E-state index contributed by atoms with van der Waals surface area (Å²) in [7, 11) is 0. The number of aryl methyl sites for hydroxylation is 2. The first-order chi connectivity index (χ1) is 20.8. The average Bonchev–Trinajstić information content (AvgIpc) is 3.00. The Labute approximate surface area is 259 Å². The van der Waals surface area contributed by atoms with Crippen molar-refractivity contribution in [2.75, 3.05) is 0 Å². The highest BCUT2D eigenvalue weighted by Gasteiger charge is 2.38. The van der Waals surface area contributed by atoms with E-state index in [0.29, 0.717) is 18.4 Å². The molecule has 5 N–H and O–H groups in total. The van der Waals surface area contributed by atoms with Crippen molar-refractivity contribution in [2.24, 2.45) is 11.3 Å². The molecule has 3 rings (SSSR count). The molecule has 0 aromatic heterocycles. The van der Waals surface area contributed by atoms with Crippen LogP contribution in [0.1, 0.15) is 68.8 Å². The van der Waals surface area contributed by atoms with Crippen LogP contribution in [0, 0.1) is 29.6 Å². The lowest BCUT2D eigenvalue weighted by atomic mass is 9.84. The molecular formula is C35H42N4O5. The second-order valence-corrected chi connectivity index (χ2v) is 12.2. The van der Waals surface area contributed by atoms with E-state index in [1.165, 1.54) is 5.48 Å². The zero-order valence-electron chi connectivity index (χ0n) is 25.9. The number of hydroxylamine groups is 1. The van der Waals surface area contributed by atoms with Crippen LogP contribution in [0.4, 0.5) is 0 Å². The highest BCUT2D eigenvalue weighted by molar-refractivity contribution is 5.92. The maximum absolute atomic E-state index is 13.5. The molecule has 44 heavy (non-hydrogen) atoms. The number of aliphatic hydroxyl groups excluding tert-OH is 1. The number of carbonyl (C=O) groups excluding carboxylic acids is 3. The van der Waals surface area contributed by atoms with Crippen molar-refractivity contribution in [2.45, 2.75) is 72.1 Å². The molecule has 9 heteroatoms. The molecule has 0 aliphatic heterocycles. The number of rotatable bonds is 12. The molecule has 0 saturated carbocycles. The van der Waals surface area contributed by atoms with Crippen LogP contribution in [0.3, 0.4) is 0 Å². The molecule has 3 amide bonds. The van der Waals surface area contributed by atoms with Gasteiger partial charge in [-0.15, -0.1) is 0 Å². The maximum atomic E-state index is 13.5. The number of benzene rings is 3. The zero-order chi connectivity index (χ0) is 32.4. The first kappa shape index (κ1) is 34.0. The van der Waals surface area contributed by atoms with Crippen molar-refractivity contribution in [1.29, 1.82) is 5.26 Å². The Balaban J connectivity index is 1.73. The number of aliphatic hydroxyl groups is 1. The van der Waals surface area contributed by atoms with E-state index >= 15 is 0 Å². The van der Waals surface area contributed by atoms with Gasteiger partial charge < -0.3 is 15.7 Å². The minimum atomic E-state index is -1.82. The van der Waals surface area contributed by atoms with Crippen molar-refractivity contribution in [3.63, 3.8) is 0 Å². The average molecular weight is 599 g/mol. The third-order valence-electron chi connectivity index (χ3n) is 7.74. The predicted molar refractivity (Wildman–Crippen MR) is 168 cm³/mol. The summed E-state index contributed by atoms with van der Waals surface area (Å²) in [6, 6.07) is 23.7. The molecule has 0 heterocycles. The molecule has 9 nitrogen and oxygen atoms in total. The van der Waals surface area contributed by atoms with Gasteiger partial charge in [0.2, 0.25) is 11.8 Å². The van der Waals surface area contributed by atoms with Gasteiger partial charge in [-0.05, 0) is 78.5 Å². The van der Waals surface area contributed by atoms with Gasteiger partial charge in [0.15, 0.2) is 0 Å². The topological polar surface area (TPSA) is 152 Å². The van der Waals surface area contributed by atoms with E-state index in [1.807, 2.05) is 101 Å². The van der Waals surface area contributed by atoms with Crippen molar-refractivity contribution < 1.29 is 24.7 Å². The summed E-state index contributed by atoms with van der Waals surface area (Å²) < 4.78 is 0. The number of hydrogen-bond donors (Lipinski definition) is 5. The fourth-order valence-electron chi connectivity index (χ4n) is 5.22. The van der Waals surface area contributed by atoms with Gasteiger partial charge in [0.1, 0.15) is 12.1 Å². The Hall–Kier alpha value is -4.52. The van der Waals surface area contributed by atoms with E-state index in [4.69, 9.17) is 5.21 Å². The maximum Gasteiger partial charge on any atom is 0.272 e. The Kier molecular flexibility index (Phi) is 11.8. The van der Waals surface area contributed by atoms with Crippen molar-refractivity contribution in [1.82, 2.24) is 16.1 Å². The largest absolute Gasteiger partial charge is 0.382 e. The smallest absolute Gasteiger partial charge is 0.272 e. The van der Waals surface area contributed by atoms with Crippen LogP contribution in [0.2, 0.25) is 0 Å². The van der Waals surface area contributed by atoms with Crippen molar-refractivity contribution in [3.8, 4) is 17.2 Å². The van der Waals surface area contributed by atoms with Gasteiger partial charge in [-0.25, -0.2) is 5.48 Å². The Bertz CT molecular complexity index is 1490. The Morgan fingerprint density at radius 2 is 1.61 bits per heavy atom. The van der Waals surface area contributed by atoms with Gasteiger partial charge in [0.25, 0.3) is 5.91 Å². The number of nitrogens with zero attached hydrogens (tertiary/aromatic N) is 1. The molecular weight excluding hydrogens is 556 g/mol. The number of amides is 3. The fraction of sp³-hybridized carbons (Fsp3) is 0.371. The van der Waals surface area contributed by atoms with E-state index in [9.17, 15) is 24.8 Å². The molecule has 0 aliphatic rings. The van der Waals surface area contributed by atoms with Crippen LogP contribution in [0.25, 0.3) is 11.1 Å². The SMILES string of the molecule is Cc1cc(CCC[C@@H](C(=O)N[C@H](C(=O)NC(C)c2ccccc2)C(C)(C)C)C(O)C(=O)NO)ccc1-c1cccc(C#N)c1. The van der Waals surface area contributed by atoms with Crippen molar-refractivity contribution >= 4 is 17.7 Å². The normalized spacial score (nSPS) is 14.0. The summed E-state index contributed by atoms with van der Waals surface area (Å²) in [6.07, 6.45) is -0.671. The van der Waals surface area contributed by atoms with Crippen LogP contribution in [-0.2, 0) is 20.8 Å². The number of carbonyl (C=O) groups is 3. The highest BCUT2D eigenvalue weighted by Crippen LogP contribution is 2.27. The molecule has 0 radical (unpaired) electrons. The summed E-state index contributed by atoms with van der Waals surface area (Å²) in [4.78, 5) is 39.1. The first-order valence-corrected chi connectivity index (χ1v) is 14.7. The predicted octanol–water partition coefficient (Wildman–Crippen LogP) is 4.75. The van der Waals surface area contributed by atoms with Gasteiger partial charge in [-0.1, -0.05) is 81.4 Å². The van der Waals surface area contributed by atoms with Crippen molar-refractivity contribution in [3.05, 3.63) is 95.1 Å². The van der Waals surface area contributed by atoms with Crippen LogP contribution in [-0.4, -0.2) is 40.2 Å². The molecule has 0 bridgehead atoms. The Morgan fingerprint density at radius 3 is 2.23 bits per heavy atom. The first-order valence-electron chi connectivity index (χ1n) is 14.7. The third kappa shape index (κ3) is 8.99. The van der Waals surface area contributed by atoms with Gasteiger partial charge in [0.05, 0.1) is 23.6 Å². The minimum Gasteiger partial charge on any atom is -0.382 e. The monoisotopic (exact) mass is 598 g/mol. The van der Waals surface area contributed by atoms with Crippen LogP contribution in [0.15, 0.2) is 72.8 Å². The molecule has 3 aromatic rings. The standard InChI is InChI=1S/C35H42N4O5/c1-22-19-24(17-18-28(22)27-15-9-12-25(20-27)21-36)11-10-16-29(30(40)33(42)39-44)32(41)38-31(35(3,4)5)34(43)37-23(2)26-13-7-6-8-14-26/h6-9,12-15,17-20,23,29-31,40,44H,10-11,16H2,1-5H3,(H,37,43)(H,38,41)(H,39,42)/t23?,29-,30?,31-/m1/s1. The molecule has 232 valence electrons. The van der Waals surface area contributed by atoms with Gasteiger partial charge >= 0.3 is 0 Å².